The van der Waals surface area contributed by atoms with Crippen LogP contribution in [0.4, 0.5) is 4.79 Å². The predicted octanol–water partition coefficient (Wildman–Crippen LogP) is 4.03. The van der Waals surface area contributed by atoms with Crippen molar-refractivity contribution in [2.24, 2.45) is 0 Å². The third-order valence-corrected chi connectivity index (χ3v) is 4.79. The van der Waals surface area contributed by atoms with Gasteiger partial charge in [-0.25, -0.2) is 4.79 Å². The minimum Gasteiger partial charge on any atom is -0.337 e. The number of nitrogens with zero attached hydrogens (tertiary/aromatic N) is 1. The van der Waals surface area contributed by atoms with Gasteiger partial charge in [0.1, 0.15) is 0 Å². The van der Waals surface area contributed by atoms with Gasteiger partial charge in [-0.3, -0.25) is 0 Å². The van der Waals surface area contributed by atoms with Crippen molar-refractivity contribution in [2.75, 3.05) is 32.9 Å². The van der Waals surface area contributed by atoms with Crippen LogP contribution < -0.4 is 10.6 Å². The van der Waals surface area contributed by atoms with Crippen LogP contribution in [0.25, 0.3) is 0 Å². The molecule has 0 aromatic heterocycles. The minimum atomic E-state index is -0.146. The number of carbonyl (C=O) groups excluding carboxylic acids is 1. The number of urea groups is 1. The molecule has 2 rings (SSSR count). The standard InChI is InChI=1S/C19H24ClN3OS/c1-23(2)14-18(15-6-4-3-5-7-15)22-19(24)21-12-13-25-17-10-8-16(20)9-11-17/h3-11,18H,12-14H2,1-2H3,(H2,21,22,24). The lowest BCUT2D eigenvalue weighted by Gasteiger charge is -2.23. The van der Waals surface area contributed by atoms with Gasteiger partial charge in [-0.2, -0.15) is 0 Å². The summed E-state index contributed by atoms with van der Waals surface area (Å²) >= 11 is 7.56. The number of halogens is 1. The first-order valence-electron chi connectivity index (χ1n) is 8.17. The molecule has 2 N–H and O–H groups in total. The van der Waals surface area contributed by atoms with E-state index in [0.29, 0.717) is 6.54 Å². The summed E-state index contributed by atoms with van der Waals surface area (Å²) in [5.74, 6) is 0.804. The fourth-order valence-corrected chi connectivity index (χ4v) is 3.25. The number of benzene rings is 2. The maximum atomic E-state index is 12.2. The Morgan fingerprint density at radius 2 is 1.80 bits per heavy atom. The average molecular weight is 378 g/mol. The van der Waals surface area contributed by atoms with Crippen molar-refractivity contribution >= 4 is 29.4 Å². The van der Waals surface area contributed by atoms with E-state index in [-0.39, 0.29) is 12.1 Å². The molecule has 0 aliphatic carbocycles. The molecule has 0 fully saturated rings. The molecule has 1 unspecified atom stereocenters. The molecule has 1 atom stereocenters. The van der Waals surface area contributed by atoms with E-state index in [9.17, 15) is 4.79 Å². The van der Waals surface area contributed by atoms with Crippen molar-refractivity contribution in [3.63, 3.8) is 0 Å². The zero-order chi connectivity index (χ0) is 18.1. The molecule has 2 aromatic carbocycles. The summed E-state index contributed by atoms with van der Waals surface area (Å²) in [7, 11) is 4.00. The maximum absolute atomic E-state index is 12.2. The number of thioether (sulfide) groups is 1. The van der Waals surface area contributed by atoms with Crippen LogP contribution in [0.5, 0.6) is 0 Å². The van der Waals surface area contributed by atoms with Crippen molar-refractivity contribution in [3.8, 4) is 0 Å². The smallest absolute Gasteiger partial charge is 0.315 e. The molecular weight excluding hydrogens is 354 g/mol. The minimum absolute atomic E-state index is 0.0416. The quantitative estimate of drug-likeness (QED) is 0.539. The number of hydrogen-bond acceptors (Lipinski definition) is 3. The van der Waals surface area contributed by atoms with E-state index in [1.54, 1.807) is 11.8 Å². The second-order valence-corrected chi connectivity index (χ2v) is 7.53. The van der Waals surface area contributed by atoms with Crippen LogP contribution >= 0.6 is 23.4 Å². The Labute approximate surface area is 158 Å². The molecular formula is C19H24ClN3OS. The van der Waals surface area contributed by atoms with Crippen molar-refractivity contribution in [1.82, 2.24) is 15.5 Å². The number of amides is 2. The van der Waals surface area contributed by atoms with Gasteiger partial charge < -0.3 is 15.5 Å². The monoisotopic (exact) mass is 377 g/mol. The van der Waals surface area contributed by atoms with E-state index in [1.807, 2.05) is 68.7 Å². The Bertz CT molecular complexity index is 649. The maximum Gasteiger partial charge on any atom is 0.315 e. The molecule has 0 spiro atoms. The molecule has 0 bridgehead atoms. The number of rotatable bonds is 8. The number of likely N-dealkylation sites (N-methyl/N-ethyl adjacent to an activating group) is 1. The fraction of sp³-hybridized carbons (Fsp3) is 0.316. The fourth-order valence-electron chi connectivity index (χ4n) is 2.36. The van der Waals surface area contributed by atoms with E-state index < -0.39 is 0 Å². The first-order valence-corrected chi connectivity index (χ1v) is 9.53. The zero-order valence-corrected chi connectivity index (χ0v) is 16.1. The Hall–Kier alpha value is -1.69. The van der Waals surface area contributed by atoms with Gasteiger partial charge in [0.05, 0.1) is 6.04 Å². The lowest BCUT2D eigenvalue weighted by molar-refractivity contribution is 0.233. The molecule has 25 heavy (non-hydrogen) atoms. The Kier molecular flexibility index (Phi) is 8.12. The van der Waals surface area contributed by atoms with Crippen molar-refractivity contribution in [1.29, 1.82) is 0 Å². The molecule has 134 valence electrons. The van der Waals surface area contributed by atoms with Crippen LogP contribution in [0.2, 0.25) is 5.02 Å². The molecule has 0 saturated heterocycles. The van der Waals surface area contributed by atoms with Gasteiger partial charge >= 0.3 is 6.03 Å². The SMILES string of the molecule is CN(C)CC(NC(=O)NCCSc1ccc(Cl)cc1)c1ccccc1. The summed E-state index contributed by atoms with van der Waals surface area (Å²) in [5, 5.41) is 6.71. The van der Waals surface area contributed by atoms with Gasteiger partial charge in [0.15, 0.2) is 0 Å². The summed E-state index contributed by atoms with van der Waals surface area (Å²) in [5.41, 5.74) is 1.10. The molecule has 0 heterocycles. The van der Waals surface area contributed by atoms with Gasteiger partial charge in [0.25, 0.3) is 0 Å². The molecule has 4 nitrogen and oxygen atoms in total. The molecule has 0 aliphatic heterocycles. The van der Waals surface area contributed by atoms with Crippen LogP contribution in [0.15, 0.2) is 59.5 Å². The summed E-state index contributed by atoms with van der Waals surface area (Å²) in [4.78, 5) is 15.4. The lowest BCUT2D eigenvalue weighted by Crippen LogP contribution is -2.42. The molecule has 6 heteroatoms. The van der Waals surface area contributed by atoms with Gasteiger partial charge in [-0.15, -0.1) is 11.8 Å². The lowest BCUT2D eigenvalue weighted by atomic mass is 10.1. The Morgan fingerprint density at radius 3 is 2.44 bits per heavy atom. The predicted molar refractivity (Wildman–Crippen MR) is 106 cm³/mol. The van der Waals surface area contributed by atoms with Gasteiger partial charge in [0, 0.05) is 28.8 Å². The highest BCUT2D eigenvalue weighted by atomic mass is 35.5. The van der Waals surface area contributed by atoms with Gasteiger partial charge in [-0.1, -0.05) is 41.9 Å². The molecule has 0 saturated carbocycles. The number of carbonyl (C=O) groups is 1. The van der Waals surface area contributed by atoms with Gasteiger partial charge in [-0.05, 0) is 43.9 Å². The molecule has 0 aliphatic rings. The third-order valence-electron chi connectivity index (χ3n) is 3.52. The Morgan fingerprint density at radius 1 is 1.12 bits per heavy atom. The number of nitrogens with one attached hydrogen (secondary N) is 2. The topological polar surface area (TPSA) is 44.4 Å². The molecule has 0 radical (unpaired) electrons. The molecule has 2 amide bonds. The second-order valence-electron chi connectivity index (χ2n) is 5.93. The largest absolute Gasteiger partial charge is 0.337 e. The number of hydrogen-bond donors (Lipinski definition) is 2. The Balaban J connectivity index is 1.77. The van der Waals surface area contributed by atoms with Crippen LogP contribution in [0.3, 0.4) is 0 Å². The van der Waals surface area contributed by atoms with Crippen molar-refractivity contribution in [2.45, 2.75) is 10.9 Å². The second kappa shape index (κ2) is 10.3. The van der Waals surface area contributed by atoms with E-state index in [4.69, 9.17) is 11.6 Å². The van der Waals surface area contributed by atoms with Gasteiger partial charge in [0.2, 0.25) is 0 Å². The zero-order valence-electron chi connectivity index (χ0n) is 14.5. The van der Waals surface area contributed by atoms with Crippen molar-refractivity contribution < 1.29 is 4.79 Å². The highest BCUT2D eigenvalue weighted by Gasteiger charge is 2.14. The van der Waals surface area contributed by atoms with Crippen molar-refractivity contribution in [3.05, 3.63) is 65.2 Å². The molecule has 2 aromatic rings. The summed E-state index contributed by atoms with van der Waals surface area (Å²) in [6.45, 7) is 1.35. The first kappa shape index (κ1) is 19.6. The van der Waals surface area contributed by atoms with Crippen LogP contribution in [0, 0.1) is 0 Å². The van der Waals surface area contributed by atoms with E-state index in [1.165, 1.54) is 0 Å². The van der Waals surface area contributed by atoms with E-state index >= 15 is 0 Å². The van der Waals surface area contributed by atoms with Crippen LogP contribution in [-0.2, 0) is 0 Å². The summed E-state index contributed by atoms with van der Waals surface area (Å²) < 4.78 is 0. The van der Waals surface area contributed by atoms with E-state index in [2.05, 4.69) is 15.5 Å². The highest BCUT2D eigenvalue weighted by Crippen LogP contribution is 2.19. The summed E-state index contributed by atoms with van der Waals surface area (Å²) in [6.07, 6.45) is 0. The third kappa shape index (κ3) is 7.38. The van der Waals surface area contributed by atoms with E-state index in [0.717, 1.165) is 27.8 Å². The first-order chi connectivity index (χ1) is 12.0. The highest BCUT2D eigenvalue weighted by molar-refractivity contribution is 7.99. The average Bonchev–Trinajstić information content (AvgIpc) is 2.60. The summed E-state index contributed by atoms with van der Waals surface area (Å²) in [6, 6.07) is 17.5. The van der Waals surface area contributed by atoms with Crippen LogP contribution in [0.1, 0.15) is 11.6 Å². The normalized spacial score (nSPS) is 12.0. The van der Waals surface area contributed by atoms with Crippen LogP contribution in [-0.4, -0.2) is 43.9 Å².